The van der Waals surface area contributed by atoms with Crippen LogP contribution in [0.2, 0.25) is 5.02 Å². The first-order valence-corrected chi connectivity index (χ1v) is 11.2. The lowest BCUT2D eigenvalue weighted by atomic mass is 10.0. The molecule has 160 valence electrons. The molecule has 0 spiro atoms. The molecule has 0 bridgehead atoms. The maximum absolute atomic E-state index is 6.37. The molecule has 0 N–H and O–H groups in total. The van der Waals surface area contributed by atoms with Crippen molar-refractivity contribution in [3.63, 3.8) is 0 Å². The van der Waals surface area contributed by atoms with E-state index >= 15 is 0 Å². The van der Waals surface area contributed by atoms with Gasteiger partial charge in [0.05, 0.1) is 35.6 Å². The molecule has 2 aliphatic rings. The van der Waals surface area contributed by atoms with Gasteiger partial charge < -0.3 is 18.6 Å². The number of benzene rings is 1. The molecule has 0 radical (unpaired) electrons. The van der Waals surface area contributed by atoms with Crippen LogP contribution in [0.4, 0.5) is 0 Å². The van der Waals surface area contributed by atoms with E-state index in [-0.39, 0.29) is 6.10 Å². The highest BCUT2D eigenvalue weighted by Crippen LogP contribution is 2.35. The second-order valence-electron chi connectivity index (χ2n) is 8.48. The van der Waals surface area contributed by atoms with Crippen molar-refractivity contribution >= 4 is 33.5 Å². The highest BCUT2D eigenvalue weighted by molar-refractivity contribution is 6.31. The lowest BCUT2D eigenvalue weighted by molar-refractivity contribution is 0.00631. The molecule has 4 aromatic rings. The zero-order valence-electron chi connectivity index (χ0n) is 17.4. The minimum absolute atomic E-state index is 0.220. The maximum atomic E-state index is 6.37. The van der Waals surface area contributed by atoms with Crippen LogP contribution in [0, 0.1) is 0 Å². The van der Waals surface area contributed by atoms with Gasteiger partial charge >= 0.3 is 0 Å². The average Bonchev–Trinajstić information content (AvgIpc) is 3.34. The van der Waals surface area contributed by atoms with Crippen LogP contribution >= 0.6 is 11.6 Å². The van der Waals surface area contributed by atoms with E-state index in [0.717, 1.165) is 71.9 Å². The molecule has 3 aromatic heterocycles. The maximum Gasteiger partial charge on any atom is 0.135 e. The monoisotopic (exact) mass is 437 g/mol. The first-order chi connectivity index (χ1) is 15.2. The van der Waals surface area contributed by atoms with Crippen LogP contribution in [-0.2, 0) is 29.0 Å². The summed E-state index contributed by atoms with van der Waals surface area (Å²) in [6.45, 7) is 5.06. The van der Waals surface area contributed by atoms with Gasteiger partial charge in [-0.25, -0.2) is 9.97 Å². The van der Waals surface area contributed by atoms with Crippen LogP contribution in [-0.4, -0.2) is 43.4 Å². The van der Waals surface area contributed by atoms with Gasteiger partial charge in [0.25, 0.3) is 0 Å². The summed E-state index contributed by atoms with van der Waals surface area (Å²) in [4.78, 5) is 14.5. The molecule has 8 heteroatoms. The number of ether oxygens (including phenoxy) is 2. The van der Waals surface area contributed by atoms with Crippen molar-refractivity contribution in [3.05, 3.63) is 53.0 Å². The van der Waals surface area contributed by atoms with Crippen molar-refractivity contribution in [2.24, 2.45) is 0 Å². The third kappa shape index (κ3) is 3.41. The summed E-state index contributed by atoms with van der Waals surface area (Å²) in [6.07, 6.45) is 6.82. The number of imidazole rings is 2. The SMILES string of the molecule is C[C@@H]1C[C@H](n2c(Cc3cn4c(n3)COCC4)nc3cnc4ccc(Cl)cc4c32)CCO1. The summed E-state index contributed by atoms with van der Waals surface area (Å²) in [5, 5.41) is 1.75. The molecule has 0 saturated carbocycles. The number of nitrogens with zero attached hydrogens (tertiary/aromatic N) is 5. The van der Waals surface area contributed by atoms with E-state index < -0.39 is 0 Å². The van der Waals surface area contributed by atoms with Crippen LogP contribution in [0.15, 0.2) is 30.6 Å². The lowest BCUT2D eigenvalue weighted by Crippen LogP contribution is -2.26. The van der Waals surface area contributed by atoms with Crippen molar-refractivity contribution in [2.75, 3.05) is 13.2 Å². The Morgan fingerprint density at radius 3 is 3.00 bits per heavy atom. The molecule has 2 aliphatic heterocycles. The van der Waals surface area contributed by atoms with Crippen molar-refractivity contribution in [1.29, 1.82) is 0 Å². The Morgan fingerprint density at radius 1 is 1.19 bits per heavy atom. The van der Waals surface area contributed by atoms with Gasteiger partial charge in [0, 0.05) is 42.2 Å². The van der Waals surface area contributed by atoms with Crippen LogP contribution in [0.25, 0.3) is 21.9 Å². The lowest BCUT2D eigenvalue weighted by Gasteiger charge is -2.30. The Hall–Kier alpha value is -2.48. The number of fused-ring (bicyclic) bond motifs is 4. The molecule has 6 rings (SSSR count). The van der Waals surface area contributed by atoms with Gasteiger partial charge in [-0.2, -0.15) is 0 Å². The summed E-state index contributed by atoms with van der Waals surface area (Å²) in [7, 11) is 0. The third-order valence-electron chi connectivity index (χ3n) is 6.33. The van der Waals surface area contributed by atoms with E-state index in [1.807, 2.05) is 24.4 Å². The molecule has 1 saturated heterocycles. The molecule has 31 heavy (non-hydrogen) atoms. The molecule has 0 amide bonds. The van der Waals surface area contributed by atoms with Gasteiger partial charge in [-0.3, -0.25) is 4.98 Å². The number of hydrogen-bond acceptors (Lipinski definition) is 5. The van der Waals surface area contributed by atoms with Gasteiger partial charge in [0.2, 0.25) is 0 Å². The van der Waals surface area contributed by atoms with Gasteiger partial charge in [-0.1, -0.05) is 11.6 Å². The molecule has 5 heterocycles. The zero-order chi connectivity index (χ0) is 20.9. The van der Waals surface area contributed by atoms with Crippen LogP contribution < -0.4 is 0 Å². The van der Waals surface area contributed by atoms with E-state index in [1.165, 1.54) is 0 Å². The highest BCUT2D eigenvalue weighted by Gasteiger charge is 2.27. The van der Waals surface area contributed by atoms with Gasteiger partial charge in [-0.05, 0) is 38.0 Å². The second-order valence-corrected chi connectivity index (χ2v) is 8.92. The normalized spacial score (nSPS) is 21.6. The predicted octanol–water partition coefficient (Wildman–Crippen LogP) is 4.30. The summed E-state index contributed by atoms with van der Waals surface area (Å²) < 4.78 is 16.0. The van der Waals surface area contributed by atoms with Crippen molar-refractivity contribution < 1.29 is 9.47 Å². The fourth-order valence-corrected chi connectivity index (χ4v) is 5.09. The van der Waals surface area contributed by atoms with E-state index in [2.05, 4.69) is 27.2 Å². The summed E-state index contributed by atoms with van der Waals surface area (Å²) in [6, 6.07) is 6.18. The number of pyridine rings is 1. The number of rotatable bonds is 3. The second kappa shape index (κ2) is 7.58. The molecule has 7 nitrogen and oxygen atoms in total. The predicted molar refractivity (Wildman–Crippen MR) is 118 cm³/mol. The Kier molecular flexibility index (Phi) is 4.70. The van der Waals surface area contributed by atoms with Crippen molar-refractivity contribution in [1.82, 2.24) is 24.1 Å². The molecule has 0 aliphatic carbocycles. The Balaban J connectivity index is 1.52. The number of hydrogen-bond donors (Lipinski definition) is 0. The number of halogens is 1. The molecule has 0 unspecified atom stereocenters. The fraction of sp³-hybridized carbons (Fsp3) is 0.435. The molecule has 2 atom stereocenters. The van der Waals surface area contributed by atoms with E-state index in [0.29, 0.717) is 24.1 Å². The topological polar surface area (TPSA) is 67.0 Å². The first kappa shape index (κ1) is 19.2. The Labute approximate surface area is 185 Å². The van der Waals surface area contributed by atoms with Gasteiger partial charge in [-0.15, -0.1) is 0 Å². The molecular formula is C23H24ClN5O2. The quantitative estimate of drug-likeness (QED) is 0.478. The minimum atomic E-state index is 0.220. The van der Waals surface area contributed by atoms with Crippen LogP contribution in [0.3, 0.4) is 0 Å². The molecule has 1 aromatic carbocycles. The first-order valence-electron chi connectivity index (χ1n) is 10.8. The van der Waals surface area contributed by atoms with E-state index in [1.54, 1.807) is 0 Å². The Morgan fingerprint density at radius 2 is 2.13 bits per heavy atom. The standard InChI is InChI=1S/C23H24ClN5O2/c1-14-8-17(4-6-31-14)29-21(10-16-12-28-5-7-30-13-22(28)26-16)27-20-11-25-19-3-2-15(24)9-18(19)23(20)29/h2-3,9,11-12,14,17H,4-8,10,13H2,1H3/t14-,17-/m1/s1. The van der Waals surface area contributed by atoms with Crippen LogP contribution in [0.1, 0.15) is 43.1 Å². The minimum Gasteiger partial charge on any atom is -0.378 e. The molecular weight excluding hydrogens is 414 g/mol. The van der Waals surface area contributed by atoms with Crippen molar-refractivity contribution in [3.8, 4) is 0 Å². The third-order valence-corrected chi connectivity index (χ3v) is 6.56. The largest absolute Gasteiger partial charge is 0.378 e. The van der Waals surface area contributed by atoms with Crippen LogP contribution in [0.5, 0.6) is 0 Å². The van der Waals surface area contributed by atoms with Gasteiger partial charge in [0.1, 0.15) is 23.8 Å². The van der Waals surface area contributed by atoms with E-state index in [4.69, 9.17) is 31.0 Å². The highest BCUT2D eigenvalue weighted by atomic mass is 35.5. The zero-order valence-corrected chi connectivity index (χ0v) is 18.2. The Bertz CT molecular complexity index is 1260. The molecule has 1 fully saturated rings. The fourth-order valence-electron chi connectivity index (χ4n) is 4.92. The van der Waals surface area contributed by atoms with E-state index in [9.17, 15) is 0 Å². The average molecular weight is 438 g/mol. The van der Waals surface area contributed by atoms with Gasteiger partial charge in [0.15, 0.2) is 0 Å². The summed E-state index contributed by atoms with van der Waals surface area (Å²) in [5.41, 5.74) is 3.96. The smallest absolute Gasteiger partial charge is 0.135 e. The summed E-state index contributed by atoms with van der Waals surface area (Å²) >= 11 is 6.37. The van der Waals surface area contributed by atoms with Crippen molar-refractivity contribution in [2.45, 2.75) is 51.5 Å². The summed E-state index contributed by atoms with van der Waals surface area (Å²) in [5.74, 6) is 2.00. The number of aromatic nitrogens is 5.